The first-order valence-corrected chi connectivity index (χ1v) is 15.8. The molecule has 2 atom stereocenters. The van der Waals surface area contributed by atoms with Crippen molar-refractivity contribution in [2.75, 3.05) is 6.61 Å². The van der Waals surface area contributed by atoms with Gasteiger partial charge in [-0.3, -0.25) is 0 Å². The third kappa shape index (κ3) is 11.6. The van der Waals surface area contributed by atoms with E-state index >= 15 is 0 Å². The summed E-state index contributed by atoms with van der Waals surface area (Å²) in [5.41, 5.74) is 2.30. The van der Waals surface area contributed by atoms with Crippen LogP contribution in [0.1, 0.15) is 135 Å². The predicted octanol–water partition coefficient (Wildman–Crippen LogP) is 10.4. The quantitative estimate of drug-likeness (QED) is 0.178. The molecule has 0 saturated heterocycles. The first-order chi connectivity index (χ1) is 18.3. The van der Waals surface area contributed by atoms with Crippen molar-refractivity contribution in [1.82, 2.24) is 9.97 Å². The van der Waals surface area contributed by atoms with Gasteiger partial charge in [0.05, 0.1) is 6.61 Å². The summed E-state index contributed by atoms with van der Waals surface area (Å²) in [6, 6.07) is 8.32. The normalized spacial score (nSPS) is 17.7. The standard InChI is InChI=1S/C34H54N2O/c1-3-5-7-9-11-13-18-30-19-14-15-20-31(30)21-16-26-37-33-24-22-32(23-25-33)34-35-27-29(28-36-34)17-12-10-8-6-4-2/h22-25,27-28,30-31H,3-21,26H2,1-2H3. The number of unbranched alkanes of at least 4 members (excludes halogenated alkanes) is 9. The lowest BCUT2D eigenvalue weighted by Gasteiger charge is -2.32. The molecule has 1 aromatic carbocycles. The van der Waals surface area contributed by atoms with E-state index in [2.05, 4.69) is 48.1 Å². The predicted molar refractivity (Wildman–Crippen MR) is 158 cm³/mol. The van der Waals surface area contributed by atoms with E-state index in [1.807, 2.05) is 12.4 Å². The Morgan fingerprint density at radius 1 is 0.676 bits per heavy atom. The second-order valence-corrected chi connectivity index (χ2v) is 11.5. The summed E-state index contributed by atoms with van der Waals surface area (Å²) < 4.78 is 6.11. The first-order valence-electron chi connectivity index (χ1n) is 15.8. The average molecular weight is 507 g/mol. The van der Waals surface area contributed by atoms with Crippen molar-refractivity contribution in [3.63, 3.8) is 0 Å². The molecule has 3 heteroatoms. The Labute approximate surface area is 228 Å². The van der Waals surface area contributed by atoms with Gasteiger partial charge in [0.15, 0.2) is 5.82 Å². The van der Waals surface area contributed by atoms with Crippen LogP contribution in [-0.4, -0.2) is 16.6 Å². The second kappa shape index (κ2) is 18.4. The van der Waals surface area contributed by atoms with Crippen molar-refractivity contribution in [3.8, 4) is 17.1 Å². The molecule has 206 valence electrons. The van der Waals surface area contributed by atoms with E-state index in [4.69, 9.17) is 4.74 Å². The van der Waals surface area contributed by atoms with Crippen molar-refractivity contribution in [2.24, 2.45) is 11.8 Å². The van der Waals surface area contributed by atoms with E-state index < -0.39 is 0 Å². The van der Waals surface area contributed by atoms with Crippen LogP contribution in [0.2, 0.25) is 0 Å². The van der Waals surface area contributed by atoms with E-state index in [9.17, 15) is 0 Å². The van der Waals surface area contributed by atoms with Crippen LogP contribution < -0.4 is 4.74 Å². The monoisotopic (exact) mass is 506 g/mol. The highest BCUT2D eigenvalue weighted by atomic mass is 16.5. The Morgan fingerprint density at radius 2 is 1.24 bits per heavy atom. The number of rotatable bonds is 19. The Morgan fingerprint density at radius 3 is 1.89 bits per heavy atom. The lowest BCUT2D eigenvalue weighted by atomic mass is 9.74. The van der Waals surface area contributed by atoms with Crippen molar-refractivity contribution in [2.45, 2.75) is 136 Å². The summed E-state index contributed by atoms with van der Waals surface area (Å²) in [4.78, 5) is 9.23. The van der Waals surface area contributed by atoms with E-state index in [1.54, 1.807) is 0 Å². The number of nitrogens with zero attached hydrogens (tertiary/aromatic N) is 2. The molecule has 2 aromatic rings. The molecule has 37 heavy (non-hydrogen) atoms. The summed E-state index contributed by atoms with van der Waals surface area (Å²) in [5.74, 6) is 3.65. The molecule has 1 aliphatic rings. The van der Waals surface area contributed by atoms with Gasteiger partial charge >= 0.3 is 0 Å². The van der Waals surface area contributed by atoms with Gasteiger partial charge in [-0.2, -0.15) is 0 Å². The molecule has 0 amide bonds. The second-order valence-electron chi connectivity index (χ2n) is 11.5. The average Bonchev–Trinajstić information content (AvgIpc) is 2.94. The maximum Gasteiger partial charge on any atom is 0.159 e. The van der Waals surface area contributed by atoms with Crippen molar-refractivity contribution in [3.05, 3.63) is 42.2 Å². The SMILES string of the molecule is CCCCCCCCC1CCCCC1CCCOc1ccc(-c2ncc(CCCCCCC)cn2)cc1. The Hall–Kier alpha value is -1.90. The van der Waals surface area contributed by atoms with Crippen LogP contribution in [0.25, 0.3) is 11.4 Å². The van der Waals surface area contributed by atoms with Gasteiger partial charge in [0, 0.05) is 18.0 Å². The largest absolute Gasteiger partial charge is 0.494 e. The lowest BCUT2D eigenvalue weighted by Crippen LogP contribution is -2.20. The third-order valence-corrected chi connectivity index (χ3v) is 8.37. The van der Waals surface area contributed by atoms with Gasteiger partial charge < -0.3 is 4.74 Å². The summed E-state index contributed by atoms with van der Waals surface area (Å²) in [6.45, 7) is 5.38. The number of aromatic nitrogens is 2. The number of hydrogen-bond acceptors (Lipinski definition) is 3. The molecule has 0 radical (unpaired) electrons. The van der Waals surface area contributed by atoms with E-state index in [1.165, 1.54) is 121 Å². The zero-order valence-electron chi connectivity index (χ0n) is 24.1. The third-order valence-electron chi connectivity index (χ3n) is 8.37. The van der Waals surface area contributed by atoms with Gasteiger partial charge in [0.1, 0.15) is 5.75 Å². The molecule has 1 saturated carbocycles. The zero-order valence-corrected chi connectivity index (χ0v) is 24.1. The Balaban J connectivity index is 1.33. The van der Waals surface area contributed by atoms with Gasteiger partial charge in [-0.25, -0.2) is 9.97 Å². The molecule has 1 heterocycles. The van der Waals surface area contributed by atoms with Gasteiger partial charge in [0.2, 0.25) is 0 Å². The number of hydrogen-bond donors (Lipinski definition) is 0. The summed E-state index contributed by atoms with van der Waals surface area (Å²) in [7, 11) is 0. The summed E-state index contributed by atoms with van der Waals surface area (Å²) in [5, 5.41) is 0. The molecule has 3 rings (SSSR count). The van der Waals surface area contributed by atoms with Crippen molar-refractivity contribution < 1.29 is 4.74 Å². The molecule has 0 aliphatic heterocycles. The van der Waals surface area contributed by atoms with Crippen LogP contribution in [0.3, 0.4) is 0 Å². The Kier molecular flexibility index (Phi) is 14.7. The highest BCUT2D eigenvalue weighted by Crippen LogP contribution is 2.36. The van der Waals surface area contributed by atoms with E-state index in [0.717, 1.165) is 42.0 Å². The fourth-order valence-electron chi connectivity index (χ4n) is 6.03. The smallest absolute Gasteiger partial charge is 0.159 e. The fourth-order valence-corrected chi connectivity index (χ4v) is 6.03. The summed E-state index contributed by atoms with van der Waals surface area (Å²) >= 11 is 0. The zero-order chi connectivity index (χ0) is 26.0. The molecule has 0 bridgehead atoms. The molecule has 3 nitrogen and oxygen atoms in total. The van der Waals surface area contributed by atoms with Gasteiger partial charge in [0.25, 0.3) is 0 Å². The number of aryl methyl sites for hydroxylation is 1. The van der Waals surface area contributed by atoms with Gasteiger partial charge in [-0.15, -0.1) is 0 Å². The van der Waals surface area contributed by atoms with Crippen LogP contribution in [0.4, 0.5) is 0 Å². The van der Waals surface area contributed by atoms with Crippen LogP contribution in [0.5, 0.6) is 5.75 Å². The molecular formula is C34H54N2O. The summed E-state index contributed by atoms with van der Waals surface area (Å²) in [6.07, 6.45) is 29.8. The minimum Gasteiger partial charge on any atom is -0.494 e. The molecule has 1 aromatic heterocycles. The molecular weight excluding hydrogens is 452 g/mol. The maximum absolute atomic E-state index is 6.11. The van der Waals surface area contributed by atoms with Crippen LogP contribution >= 0.6 is 0 Å². The van der Waals surface area contributed by atoms with E-state index in [0.29, 0.717) is 0 Å². The molecule has 1 aliphatic carbocycles. The maximum atomic E-state index is 6.11. The number of ether oxygens (including phenoxy) is 1. The van der Waals surface area contributed by atoms with Crippen LogP contribution in [0.15, 0.2) is 36.7 Å². The molecule has 2 unspecified atom stereocenters. The fraction of sp³-hybridized carbons (Fsp3) is 0.706. The van der Waals surface area contributed by atoms with Crippen LogP contribution in [-0.2, 0) is 6.42 Å². The molecule has 1 fully saturated rings. The number of benzene rings is 1. The lowest BCUT2D eigenvalue weighted by molar-refractivity contribution is 0.190. The minimum atomic E-state index is 0.801. The van der Waals surface area contributed by atoms with E-state index in [-0.39, 0.29) is 0 Å². The minimum absolute atomic E-state index is 0.801. The van der Waals surface area contributed by atoms with Crippen molar-refractivity contribution >= 4 is 0 Å². The van der Waals surface area contributed by atoms with Crippen molar-refractivity contribution in [1.29, 1.82) is 0 Å². The topological polar surface area (TPSA) is 35.0 Å². The highest BCUT2D eigenvalue weighted by Gasteiger charge is 2.24. The van der Waals surface area contributed by atoms with Crippen LogP contribution in [0, 0.1) is 11.8 Å². The molecule has 0 N–H and O–H groups in total. The highest BCUT2D eigenvalue weighted by molar-refractivity contribution is 5.55. The van der Waals surface area contributed by atoms with Gasteiger partial charge in [-0.05, 0) is 67.3 Å². The van der Waals surface area contributed by atoms with Gasteiger partial charge in [-0.1, -0.05) is 110 Å². The molecule has 0 spiro atoms. The Bertz CT molecular complexity index is 817. The first kappa shape index (κ1) is 29.7.